The van der Waals surface area contributed by atoms with Crippen molar-refractivity contribution in [3.63, 3.8) is 0 Å². The number of hydrogen-bond donors (Lipinski definition) is 1. The first-order valence-corrected chi connectivity index (χ1v) is 11.1. The largest absolute Gasteiger partial charge is 0.350 e. The zero-order valence-corrected chi connectivity index (χ0v) is 18.1. The van der Waals surface area contributed by atoms with E-state index in [9.17, 15) is 9.59 Å². The van der Waals surface area contributed by atoms with Gasteiger partial charge in [0.15, 0.2) is 0 Å². The Morgan fingerprint density at radius 2 is 1.77 bits per heavy atom. The lowest BCUT2D eigenvalue weighted by atomic mass is 9.94. The van der Waals surface area contributed by atoms with Crippen LogP contribution in [0, 0.1) is 0 Å². The molecule has 1 fully saturated rings. The Morgan fingerprint density at radius 3 is 2.58 bits per heavy atom. The van der Waals surface area contributed by atoms with E-state index >= 15 is 0 Å². The molecule has 0 saturated heterocycles. The molecule has 6 heteroatoms. The molecule has 1 aliphatic rings. The maximum Gasteiger partial charge on any atom is 0.269 e. The standard InChI is InChI=1S/C25H30N4O2/c1-28(21-11-3-2-4-12-21)17-20-10-6-5-9-19(20)15-27-24(30)18-29-23-14-8-7-13-22(23)26-16-25(29)31/h5-10,13-14,16,21H,2-4,11-12,15,17-18H2,1H3,(H,27,30). The Labute approximate surface area is 182 Å². The van der Waals surface area contributed by atoms with E-state index in [0.29, 0.717) is 23.6 Å². The van der Waals surface area contributed by atoms with Gasteiger partial charge in [-0.05, 0) is 43.1 Å². The maximum absolute atomic E-state index is 12.7. The molecule has 0 bridgehead atoms. The van der Waals surface area contributed by atoms with Crippen molar-refractivity contribution >= 4 is 16.9 Å². The van der Waals surface area contributed by atoms with Crippen LogP contribution >= 0.6 is 0 Å². The fourth-order valence-electron chi connectivity index (χ4n) is 4.47. The van der Waals surface area contributed by atoms with Gasteiger partial charge in [-0.1, -0.05) is 55.7 Å². The Hall–Kier alpha value is -2.99. The molecule has 0 aliphatic heterocycles. The van der Waals surface area contributed by atoms with Crippen molar-refractivity contribution in [2.45, 2.75) is 57.8 Å². The number of benzene rings is 2. The summed E-state index contributed by atoms with van der Waals surface area (Å²) in [6.07, 6.45) is 7.79. The maximum atomic E-state index is 12.7. The first kappa shape index (κ1) is 21.2. The fourth-order valence-corrected chi connectivity index (χ4v) is 4.47. The molecule has 1 saturated carbocycles. The summed E-state index contributed by atoms with van der Waals surface area (Å²) in [7, 11) is 2.20. The van der Waals surface area contributed by atoms with E-state index in [1.165, 1.54) is 48.4 Å². The number of carbonyl (C=O) groups excluding carboxylic acids is 1. The topological polar surface area (TPSA) is 67.2 Å². The van der Waals surface area contributed by atoms with Gasteiger partial charge >= 0.3 is 0 Å². The number of carbonyl (C=O) groups is 1. The van der Waals surface area contributed by atoms with E-state index in [-0.39, 0.29) is 18.0 Å². The summed E-state index contributed by atoms with van der Waals surface area (Å²) in [6, 6.07) is 16.3. The van der Waals surface area contributed by atoms with Gasteiger partial charge in [-0.15, -0.1) is 0 Å². The highest BCUT2D eigenvalue weighted by Crippen LogP contribution is 2.23. The molecule has 4 rings (SSSR count). The lowest BCUT2D eigenvalue weighted by molar-refractivity contribution is -0.121. The molecule has 1 N–H and O–H groups in total. The van der Waals surface area contributed by atoms with Crippen LogP contribution in [0.5, 0.6) is 0 Å². The van der Waals surface area contributed by atoms with Gasteiger partial charge in [-0.3, -0.25) is 19.1 Å². The first-order valence-electron chi connectivity index (χ1n) is 11.1. The molecule has 1 amide bonds. The highest BCUT2D eigenvalue weighted by atomic mass is 16.2. The van der Waals surface area contributed by atoms with Gasteiger partial charge in [0.1, 0.15) is 6.54 Å². The zero-order chi connectivity index (χ0) is 21.6. The van der Waals surface area contributed by atoms with Crippen molar-refractivity contribution in [1.29, 1.82) is 0 Å². The van der Waals surface area contributed by atoms with Crippen molar-refractivity contribution in [2.75, 3.05) is 7.05 Å². The third-order valence-corrected chi connectivity index (χ3v) is 6.27. The Morgan fingerprint density at radius 1 is 1.06 bits per heavy atom. The van der Waals surface area contributed by atoms with Crippen molar-refractivity contribution < 1.29 is 4.79 Å². The van der Waals surface area contributed by atoms with Gasteiger partial charge in [-0.2, -0.15) is 0 Å². The first-order chi connectivity index (χ1) is 15.1. The second-order valence-corrected chi connectivity index (χ2v) is 8.42. The Bertz CT molecular complexity index is 1100. The van der Waals surface area contributed by atoms with Crippen LogP contribution in [0.25, 0.3) is 11.0 Å². The van der Waals surface area contributed by atoms with E-state index in [0.717, 1.165) is 12.1 Å². The third kappa shape index (κ3) is 5.20. The molecular formula is C25H30N4O2. The molecule has 0 unspecified atom stereocenters. The molecule has 6 nitrogen and oxygen atoms in total. The fraction of sp³-hybridized carbons (Fsp3) is 0.400. The number of nitrogens with zero attached hydrogens (tertiary/aromatic N) is 3. The van der Waals surface area contributed by atoms with Crippen LogP contribution < -0.4 is 10.9 Å². The summed E-state index contributed by atoms with van der Waals surface area (Å²) in [5, 5.41) is 2.99. The molecule has 0 radical (unpaired) electrons. The Kier molecular flexibility index (Phi) is 6.77. The quantitative estimate of drug-likeness (QED) is 0.638. The van der Waals surface area contributed by atoms with Crippen LogP contribution in [0.3, 0.4) is 0 Å². The number of fused-ring (bicyclic) bond motifs is 1. The predicted octanol–water partition coefficient (Wildman–Crippen LogP) is 3.48. The highest BCUT2D eigenvalue weighted by Gasteiger charge is 2.19. The van der Waals surface area contributed by atoms with E-state index in [1.54, 1.807) is 0 Å². The number of aromatic nitrogens is 2. The average Bonchev–Trinajstić information content (AvgIpc) is 2.81. The molecule has 0 spiro atoms. The second-order valence-electron chi connectivity index (χ2n) is 8.42. The van der Waals surface area contributed by atoms with E-state index < -0.39 is 0 Å². The average molecular weight is 419 g/mol. The number of para-hydroxylation sites is 2. The lowest BCUT2D eigenvalue weighted by Crippen LogP contribution is -2.34. The zero-order valence-electron chi connectivity index (χ0n) is 18.1. The van der Waals surface area contributed by atoms with Crippen molar-refractivity contribution in [1.82, 2.24) is 19.8 Å². The van der Waals surface area contributed by atoms with Gasteiger partial charge in [0.25, 0.3) is 5.56 Å². The highest BCUT2D eigenvalue weighted by molar-refractivity contribution is 5.79. The summed E-state index contributed by atoms with van der Waals surface area (Å²) < 4.78 is 1.47. The minimum atomic E-state index is -0.275. The van der Waals surface area contributed by atoms with Crippen LogP contribution in [0.15, 0.2) is 59.5 Å². The van der Waals surface area contributed by atoms with Gasteiger partial charge < -0.3 is 5.32 Å². The molecule has 3 aromatic rings. The number of hydrogen-bond acceptors (Lipinski definition) is 4. The van der Waals surface area contributed by atoms with Gasteiger partial charge in [0, 0.05) is 19.1 Å². The third-order valence-electron chi connectivity index (χ3n) is 6.27. The van der Waals surface area contributed by atoms with Crippen molar-refractivity contribution in [3.05, 3.63) is 76.2 Å². The van der Waals surface area contributed by atoms with Crippen LogP contribution in [-0.4, -0.2) is 33.4 Å². The number of nitrogens with one attached hydrogen (secondary N) is 1. The van der Waals surface area contributed by atoms with Crippen LogP contribution in [0.4, 0.5) is 0 Å². The SMILES string of the molecule is CN(Cc1ccccc1CNC(=O)Cn1c(=O)cnc2ccccc21)C1CCCCC1. The number of rotatable bonds is 7. The lowest BCUT2D eigenvalue weighted by Gasteiger charge is -2.31. The summed E-state index contributed by atoms with van der Waals surface area (Å²) in [4.78, 5) is 31.5. The summed E-state index contributed by atoms with van der Waals surface area (Å²) in [5.41, 5.74) is 3.45. The minimum absolute atomic E-state index is 0.0218. The van der Waals surface area contributed by atoms with Crippen LogP contribution in [0.1, 0.15) is 43.2 Å². The van der Waals surface area contributed by atoms with Crippen LogP contribution in [-0.2, 0) is 24.4 Å². The molecule has 1 aromatic heterocycles. The molecule has 1 aliphatic carbocycles. The molecule has 1 heterocycles. The monoisotopic (exact) mass is 418 g/mol. The van der Waals surface area contributed by atoms with Crippen molar-refractivity contribution in [2.24, 2.45) is 0 Å². The molecule has 31 heavy (non-hydrogen) atoms. The van der Waals surface area contributed by atoms with E-state index in [1.807, 2.05) is 30.3 Å². The van der Waals surface area contributed by atoms with Crippen LogP contribution in [0.2, 0.25) is 0 Å². The molecule has 0 atom stereocenters. The molecular weight excluding hydrogens is 388 g/mol. The minimum Gasteiger partial charge on any atom is -0.350 e. The van der Waals surface area contributed by atoms with Gasteiger partial charge in [0.2, 0.25) is 5.91 Å². The van der Waals surface area contributed by atoms with E-state index in [2.05, 4.69) is 40.4 Å². The van der Waals surface area contributed by atoms with Crippen molar-refractivity contribution in [3.8, 4) is 0 Å². The second kappa shape index (κ2) is 9.88. The van der Waals surface area contributed by atoms with Gasteiger partial charge in [0.05, 0.1) is 17.2 Å². The normalized spacial score (nSPS) is 14.8. The van der Waals surface area contributed by atoms with Gasteiger partial charge in [-0.25, -0.2) is 4.98 Å². The smallest absolute Gasteiger partial charge is 0.269 e. The summed E-state index contributed by atoms with van der Waals surface area (Å²) >= 11 is 0. The Balaban J connectivity index is 1.41. The molecule has 2 aromatic carbocycles. The van der Waals surface area contributed by atoms with E-state index in [4.69, 9.17) is 0 Å². The predicted molar refractivity (Wildman–Crippen MR) is 123 cm³/mol. The summed E-state index contributed by atoms with van der Waals surface area (Å²) in [6.45, 7) is 1.31. The number of amides is 1. The molecule has 162 valence electrons. The summed E-state index contributed by atoms with van der Waals surface area (Å²) in [5.74, 6) is -0.186.